The van der Waals surface area contributed by atoms with Crippen molar-refractivity contribution in [2.45, 2.75) is 44.9 Å². The van der Waals surface area contributed by atoms with Crippen LogP contribution in [0.1, 0.15) is 43.4 Å². The molecule has 1 aromatic heterocycles. The molecule has 1 aromatic rings. The average molecular weight is 309 g/mol. The van der Waals surface area contributed by atoms with Crippen molar-refractivity contribution in [1.82, 2.24) is 4.90 Å². The number of likely N-dealkylation sites (tertiary alicyclic amines) is 1. The second-order valence-electron chi connectivity index (χ2n) is 5.71. The predicted molar refractivity (Wildman–Crippen MR) is 83.4 cm³/mol. The van der Waals surface area contributed by atoms with Gasteiger partial charge < -0.3 is 10.0 Å². The summed E-state index contributed by atoms with van der Waals surface area (Å²) in [4.78, 5) is 26.1. The van der Waals surface area contributed by atoms with Crippen molar-refractivity contribution in [1.29, 1.82) is 0 Å². The molecule has 0 aromatic carbocycles. The van der Waals surface area contributed by atoms with E-state index in [-0.39, 0.29) is 12.3 Å². The van der Waals surface area contributed by atoms with Gasteiger partial charge in [0.2, 0.25) is 5.91 Å². The first kappa shape index (κ1) is 16.0. The Morgan fingerprint density at radius 1 is 1.38 bits per heavy atom. The van der Waals surface area contributed by atoms with Gasteiger partial charge in [-0.25, -0.2) is 0 Å². The van der Waals surface area contributed by atoms with Gasteiger partial charge in [-0.2, -0.15) is 0 Å². The maximum absolute atomic E-state index is 12.2. The van der Waals surface area contributed by atoms with Gasteiger partial charge in [0.05, 0.1) is 0 Å². The number of carboxylic acids is 1. The van der Waals surface area contributed by atoms with Gasteiger partial charge in [0, 0.05) is 30.8 Å². The molecule has 116 valence electrons. The zero-order valence-electron chi connectivity index (χ0n) is 12.3. The van der Waals surface area contributed by atoms with Gasteiger partial charge in [0.15, 0.2) is 0 Å². The Morgan fingerprint density at radius 2 is 2.24 bits per heavy atom. The van der Waals surface area contributed by atoms with Crippen LogP contribution in [0, 0.1) is 5.92 Å². The fourth-order valence-electron chi connectivity index (χ4n) is 2.88. The fourth-order valence-corrected chi connectivity index (χ4v) is 3.63. The third-order valence-electron chi connectivity index (χ3n) is 4.03. The van der Waals surface area contributed by atoms with Crippen LogP contribution in [0.4, 0.5) is 0 Å². The summed E-state index contributed by atoms with van der Waals surface area (Å²) in [7, 11) is 0. The zero-order chi connectivity index (χ0) is 15.1. The van der Waals surface area contributed by atoms with E-state index in [4.69, 9.17) is 5.11 Å². The van der Waals surface area contributed by atoms with Crippen LogP contribution < -0.4 is 0 Å². The quantitative estimate of drug-likeness (QED) is 0.841. The number of thiophene rings is 1. The number of amides is 1. The van der Waals surface area contributed by atoms with Crippen LogP contribution in [-0.2, 0) is 16.0 Å². The lowest BCUT2D eigenvalue weighted by molar-refractivity contribution is -0.137. The highest BCUT2D eigenvalue weighted by atomic mass is 32.1. The van der Waals surface area contributed by atoms with Crippen LogP contribution in [0.15, 0.2) is 17.5 Å². The molecule has 0 aliphatic carbocycles. The highest BCUT2D eigenvalue weighted by molar-refractivity contribution is 7.09. The summed E-state index contributed by atoms with van der Waals surface area (Å²) in [5.74, 6) is -0.155. The Labute approximate surface area is 129 Å². The van der Waals surface area contributed by atoms with Crippen molar-refractivity contribution in [2.24, 2.45) is 5.92 Å². The lowest BCUT2D eigenvalue weighted by Gasteiger charge is -2.32. The molecular weight excluding hydrogens is 286 g/mol. The summed E-state index contributed by atoms with van der Waals surface area (Å²) in [6.45, 7) is 1.58. The second-order valence-corrected chi connectivity index (χ2v) is 6.75. The summed E-state index contributed by atoms with van der Waals surface area (Å²) >= 11 is 1.74. The SMILES string of the molecule is O=C(O)CC[C@H]1CCCN(C(=O)CCCc2cccs2)C1. The Kier molecular flexibility index (Phi) is 6.23. The standard InChI is InChI=1S/C16H23NO3S/c18-15(7-1-5-14-6-3-11-21-14)17-10-2-4-13(12-17)8-9-16(19)20/h3,6,11,13H,1-2,4-5,7-10,12H2,(H,19,20)/t13-/m1/s1. The molecule has 0 spiro atoms. The molecule has 1 saturated heterocycles. The zero-order valence-corrected chi connectivity index (χ0v) is 13.1. The summed E-state index contributed by atoms with van der Waals surface area (Å²) in [6, 6.07) is 4.15. The summed E-state index contributed by atoms with van der Waals surface area (Å²) in [5.41, 5.74) is 0. The molecule has 0 saturated carbocycles. The van der Waals surface area contributed by atoms with Crippen LogP contribution >= 0.6 is 11.3 Å². The molecule has 1 fully saturated rings. The minimum atomic E-state index is -0.741. The first-order chi connectivity index (χ1) is 10.1. The first-order valence-corrected chi connectivity index (χ1v) is 8.55. The van der Waals surface area contributed by atoms with Gasteiger partial charge in [-0.1, -0.05) is 6.07 Å². The largest absolute Gasteiger partial charge is 0.481 e. The molecule has 1 amide bonds. The topological polar surface area (TPSA) is 57.6 Å². The molecule has 1 atom stereocenters. The summed E-state index contributed by atoms with van der Waals surface area (Å²) in [6.07, 6.45) is 5.42. The number of piperidine rings is 1. The highest BCUT2D eigenvalue weighted by Crippen LogP contribution is 2.22. The van der Waals surface area contributed by atoms with Gasteiger partial charge >= 0.3 is 5.97 Å². The third-order valence-corrected chi connectivity index (χ3v) is 4.97. The van der Waals surface area contributed by atoms with Crippen molar-refractivity contribution >= 4 is 23.2 Å². The van der Waals surface area contributed by atoms with Crippen molar-refractivity contribution in [3.63, 3.8) is 0 Å². The molecule has 2 rings (SSSR count). The minimum absolute atomic E-state index is 0.213. The van der Waals surface area contributed by atoms with Crippen LogP contribution in [-0.4, -0.2) is 35.0 Å². The lowest BCUT2D eigenvalue weighted by Crippen LogP contribution is -2.40. The number of carbonyl (C=O) groups is 2. The van der Waals surface area contributed by atoms with Crippen molar-refractivity contribution in [3.8, 4) is 0 Å². The van der Waals surface area contributed by atoms with Gasteiger partial charge in [0.1, 0.15) is 0 Å². The smallest absolute Gasteiger partial charge is 0.303 e. The van der Waals surface area contributed by atoms with E-state index in [1.807, 2.05) is 11.0 Å². The number of hydrogen-bond acceptors (Lipinski definition) is 3. The van der Waals surface area contributed by atoms with E-state index in [0.717, 1.165) is 38.8 Å². The van der Waals surface area contributed by atoms with E-state index in [1.165, 1.54) is 4.88 Å². The fraction of sp³-hybridized carbons (Fsp3) is 0.625. The Morgan fingerprint density at radius 3 is 2.95 bits per heavy atom. The van der Waals surface area contributed by atoms with E-state index < -0.39 is 5.97 Å². The van der Waals surface area contributed by atoms with E-state index in [0.29, 0.717) is 18.8 Å². The van der Waals surface area contributed by atoms with E-state index in [9.17, 15) is 9.59 Å². The summed E-state index contributed by atoms with van der Waals surface area (Å²) < 4.78 is 0. The molecule has 4 nitrogen and oxygen atoms in total. The molecule has 2 heterocycles. The molecule has 0 bridgehead atoms. The monoisotopic (exact) mass is 309 g/mol. The van der Waals surface area contributed by atoms with Crippen molar-refractivity contribution in [3.05, 3.63) is 22.4 Å². The van der Waals surface area contributed by atoms with Gasteiger partial charge in [-0.05, 0) is 49.5 Å². The normalized spacial score (nSPS) is 18.7. The number of aryl methyl sites for hydroxylation is 1. The van der Waals surface area contributed by atoms with E-state index >= 15 is 0 Å². The lowest BCUT2D eigenvalue weighted by atomic mass is 9.93. The summed E-state index contributed by atoms with van der Waals surface area (Å²) in [5, 5.41) is 10.8. The van der Waals surface area contributed by atoms with Crippen LogP contribution in [0.3, 0.4) is 0 Å². The Hall–Kier alpha value is -1.36. The maximum atomic E-state index is 12.2. The predicted octanol–water partition coefficient (Wildman–Crippen LogP) is 3.17. The molecule has 21 heavy (non-hydrogen) atoms. The second kappa shape index (κ2) is 8.17. The Balaban J connectivity index is 1.70. The number of nitrogens with zero attached hydrogens (tertiary/aromatic N) is 1. The molecular formula is C16H23NO3S. The number of carboxylic acid groups (broad SMARTS) is 1. The average Bonchev–Trinajstić information content (AvgIpc) is 2.98. The van der Waals surface area contributed by atoms with Crippen LogP contribution in [0.5, 0.6) is 0 Å². The van der Waals surface area contributed by atoms with Crippen molar-refractivity contribution in [2.75, 3.05) is 13.1 Å². The van der Waals surface area contributed by atoms with Gasteiger partial charge in [-0.15, -0.1) is 11.3 Å². The third kappa shape index (κ3) is 5.50. The molecule has 5 heteroatoms. The molecule has 1 aliphatic heterocycles. The number of carbonyl (C=O) groups excluding carboxylic acids is 1. The number of hydrogen-bond donors (Lipinski definition) is 1. The Bertz CT molecular complexity index is 458. The number of aliphatic carboxylic acids is 1. The maximum Gasteiger partial charge on any atom is 0.303 e. The van der Waals surface area contributed by atoms with Crippen LogP contribution in [0.25, 0.3) is 0 Å². The molecule has 1 aliphatic rings. The van der Waals surface area contributed by atoms with Crippen LogP contribution in [0.2, 0.25) is 0 Å². The van der Waals surface area contributed by atoms with E-state index in [2.05, 4.69) is 11.4 Å². The number of rotatable bonds is 7. The van der Waals surface area contributed by atoms with Gasteiger partial charge in [-0.3, -0.25) is 9.59 Å². The van der Waals surface area contributed by atoms with E-state index in [1.54, 1.807) is 11.3 Å². The molecule has 0 unspecified atom stereocenters. The molecule has 0 radical (unpaired) electrons. The van der Waals surface area contributed by atoms with Gasteiger partial charge in [0.25, 0.3) is 0 Å². The highest BCUT2D eigenvalue weighted by Gasteiger charge is 2.23. The minimum Gasteiger partial charge on any atom is -0.481 e. The van der Waals surface area contributed by atoms with Crippen molar-refractivity contribution < 1.29 is 14.7 Å². The first-order valence-electron chi connectivity index (χ1n) is 7.67. The molecule has 1 N–H and O–H groups in total.